The van der Waals surface area contributed by atoms with Crippen LogP contribution in [0.2, 0.25) is 0 Å². The second kappa shape index (κ2) is 9.47. The molecule has 8 nitrogen and oxygen atoms in total. The molecule has 1 N–H and O–H groups in total. The second-order valence-electron chi connectivity index (χ2n) is 10.9. The molecule has 6 rings (SSSR count). The van der Waals surface area contributed by atoms with Crippen molar-refractivity contribution in [2.75, 3.05) is 29.5 Å². The summed E-state index contributed by atoms with van der Waals surface area (Å²) in [4.78, 5) is 47.8. The smallest absolute Gasteiger partial charge is 0.253 e. The molecular weight excluding hydrogens is 494 g/mol. The van der Waals surface area contributed by atoms with Crippen molar-refractivity contribution in [2.45, 2.75) is 44.6 Å². The topological polar surface area (TPSA) is 90.4 Å². The quantitative estimate of drug-likeness (QED) is 0.618. The third-order valence-electron chi connectivity index (χ3n) is 8.61. The molecule has 2 aromatic rings. The van der Waals surface area contributed by atoms with E-state index in [0.29, 0.717) is 13.1 Å². The fourth-order valence-corrected chi connectivity index (χ4v) is 6.91. The van der Waals surface area contributed by atoms with E-state index in [1.807, 2.05) is 86.7 Å². The molecule has 2 fully saturated rings. The number of anilines is 2. The SMILES string of the molecule is Cc1cccc(C)c1N1CC=C[C@]23O[C@H]4C=CCN(c5ccccc5)C(=O)[C@H]4[C@H]2C(=O)N([C@H](C)CO)C3C1=O. The number of ether oxygens (including phenoxy) is 1. The van der Waals surface area contributed by atoms with E-state index < -0.39 is 35.6 Å². The van der Waals surface area contributed by atoms with E-state index in [0.717, 1.165) is 22.5 Å². The number of para-hydroxylation sites is 2. The van der Waals surface area contributed by atoms with E-state index in [-0.39, 0.29) is 24.3 Å². The molecule has 39 heavy (non-hydrogen) atoms. The average Bonchev–Trinajstić information content (AvgIpc) is 3.25. The van der Waals surface area contributed by atoms with Gasteiger partial charge in [-0.3, -0.25) is 14.4 Å². The molecule has 2 saturated heterocycles. The van der Waals surface area contributed by atoms with Crippen LogP contribution in [0.15, 0.2) is 72.8 Å². The van der Waals surface area contributed by atoms with E-state index in [2.05, 4.69) is 0 Å². The number of hydrogen-bond acceptors (Lipinski definition) is 5. The van der Waals surface area contributed by atoms with E-state index in [1.165, 1.54) is 4.90 Å². The van der Waals surface area contributed by atoms with Gasteiger partial charge in [0.2, 0.25) is 11.8 Å². The number of aliphatic hydroxyl groups is 1. The summed E-state index contributed by atoms with van der Waals surface area (Å²) in [6.07, 6.45) is 6.81. The Morgan fingerprint density at radius 1 is 0.923 bits per heavy atom. The molecule has 0 aromatic heterocycles. The highest BCUT2D eigenvalue weighted by Gasteiger charge is 2.72. The second-order valence-corrected chi connectivity index (χ2v) is 10.9. The standard InChI is InChI=1S/C31H33N3O5/c1-19-10-7-11-20(2)26(19)33-17-9-15-31-25(29(37)34(21(3)18-35)27(31)30(33)38)24-23(39-31)14-8-16-32(28(24)36)22-12-5-4-6-13-22/h4-15,21,23-25,27,35H,16-18H2,1-3H3/t21-,23+,24-,25+,27?,31+/m1/s1. The molecular formula is C31H33N3O5. The highest BCUT2D eigenvalue weighted by Crippen LogP contribution is 2.54. The summed E-state index contributed by atoms with van der Waals surface area (Å²) in [5.41, 5.74) is 2.10. The van der Waals surface area contributed by atoms with Gasteiger partial charge in [0.25, 0.3) is 5.91 Å². The molecule has 6 atom stereocenters. The highest BCUT2D eigenvalue weighted by atomic mass is 16.5. The zero-order valence-corrected chi connectivity index (χ0v) is 22.4. The molecule has 8 heteroatoms. The van der Waals surface area contributed by atoms with E-state index in [4.69, 9.17) is 4.74 Å². The number of hydrogen-bond donors (Lipinski definition) is 1. The number of carbonyl (C=O) groups is 3. The van der Waals surface area contributed by atoms with Crippen molar-refractivity contribution in [3.8, 4) is 0 Å². The first kappa shape index (κ1) is 25.5. The zero-order valence-electron chi connectivity index (χ0n) is 22.4. The van der Waals surface area contributed by atoms with Crippen LogP contribution in [0.25, 0.3) is 0 Å². The molecule has 4 aliphatic heterocycles. The summed E-state index contributed by atoms with van der Waals surface area (Å²) in [6, 6.07) is 13.6. The summed E-state index contributed by atoms with van der Waals surface area (Å²) < 4.78 is 6.69. The number of likely N-dealkylation sites (tertiary alicyclic amines) is 1. The van der Waals surface area contributed by atoms with Crippen molar-refractivity contribution < 1.29 is 24.2 Å². The van der Waals surface area contributed by atoms with E-state index >= 15 is 0 Å². The third-order valence-corrected chi connectivity index (χ3v) is 8.61. The van der Waals surface area contributed by atoms with Gasteiger partial charge in [-0.1, -0.05) is 60.7 Å². The lowest BCUT2D eigenvalue weighted by Crippen LogP contribution is -2.58. The Morgan fingerprint density at radius 3 is 2.31 bits per heavy atom. The van der Waals surface area contributed by atoms with Gasteiger partial charge in [-0.05, 0) is 44.0 Å². The molecule has 4 aliphatic rings. The van der Waals surface area contributed by atoms with Crippen LogP contribution in [-0.4, -0.2) is 71.2 Å². The average molecular weight is 528 g/mol. The largest absolute Gasteiger partial charge is 0.394 e. The number of aliphatic hydroxyl groups excluding tert-OH is 1. The van der Waals surface area contributed by atoms with Crippen molar-refractivity contribution in [1.82, 2.24) is 4.90 Å². The van der Waals surface area contributed by atoms with Crippen LogP contribution in [0.5, 0.6) is 0 Å². The number of nitrogens with zero attached hydrogens (tertiary/aromatic N) is 3. The lowest BCUT2D eigenvalue weighted by atomic mass is 9.77. The maximum atomic E-state index is 14.5. The van der Waals surface area contributed by atoms with Gasteiger partial charge in [0.05, 0.1) is 30.6 Å². The first-order chi connectivity index (χ1) is 18.8. The molecule has 1 unspecified atom stereocenters. The minimum Gasteiger partial charge on any atom is -0.394 e. The lowest BCUT2D eigenvalue weighted by Gasteiger charge is -2.38. The fourth-order valence-electron chi connectivity index (χ4n) is 6.91. The Bertz CT molecular complexity index is 1370. The van der Waals surface area contributed by atoms with Crippen LogP contribution in [0, 0.1) is 25.7 Å². The Hall–Kier alpha value is -3.75. The Kier molecular flexibility index (Phi) is 6.19. The summed E-state index contributed by atoms with van der Waals surface area (Å²) in [5.74, 6) is -2.53. The number of fused-ring (bicyclic) bond motifs is 2. The fraction of sp³-hybridized carbons (Fsp3) is 0.387. The first-order valence-electron chi connectivity index (χ1n) is 13.5. The molecule has 1 spiro atoms. The molecule has 0 bridgehead atoms. The zero-order chi connectivity index (χ0) is 27.5. The highest BCUT2D eigenvalue weighted by molar-refractivity contribution is 6.08. The van der Waals surface area contributed by atoms with Gasteiger partial charge < -0.3 is 24.5 Å². The summed E-state index contributed by atoms with van der Waals surface area (Å²) in [7, 11) is 0. The number of carbonyl (C=O) groups excluding carboxylic acids is 3. The maximum absolute atomic E-state index is 14.5. The molecule has 0 aliphatic carbocycles. The van der Waals surface area contributed by atoms with Gasteiger partial charge in [-0.25, -0.2) is 0 Å². The van der Waals surface area contributed by atoms with Crippen LogP contribution in [0.3, 0.4) is 0 Å². The van der Waals surface area contributed by atoms with Crippen molar-refractivity contribution >= 4 is 29.1 Å². The number of aryl methyl sites for hydroxylation is 2. The predicted octanol–water partition coefficient (Wildman–Crippen LogP) is 2.77. The van der Waals surface area contributed by atoms with Crippen LogP contribution in [-0.2, 0) is 19.1 Å². The molecule has 2 aromatic carbocycles. The Balaban J connectivity index is 1.48. The number of rotatable bonds is 4. The number of benzene rings is 2. The summed E-state index contributed by atoms with van der Waals surface area (Å²) in [5, 5.41) is 10.1. The van der Waals surface area contributed by atoms with Crippen molar-refractivity contribution in [2.24, 2.45) is 11.8 Å². The number of amides is 3. The summed E-state index contributed by atoms with van der Waals surface area (Å²) in [6.45, 7) is 6.00. The molecule has 3 amide bonds. The Labute approximate surface area is 228 Å². The van der Waals surface area contributed by atoms with Gasteiger partial charge >= 0.3 is 0 Å². The monoisotopic (exact) mass is 527 g/mol. The van der Waals surface area contributed by atoms with Gasteiger partial charge in [-0.15, -0.1) is 0 Å². The van der Waals surface area contributed by atoms with E-state index in [9.17, 15) is 19.5 Å². The molecule has 0 saturated carbocycles. The normalized spacial score (nSPS) is 30.7. The van der Waals surface area contributed by atoms with E-state index in [1.54, 1.807) is 16.7 Å². The van der Waals surface area contributed by atoms with Crippen molar-refractivity contribution in [1.29, 1.82) is 0 Å². The van der Waals surface area contributed by atoms with Crippen molar-refractivity contribution in [3.05, 3.63) is 84.0 Å². The van der Waals surface area contributed by atoms with Gasteiger partial charge in [0.15, 0.2) is 0 Å². The molecule has 202 valence electrons. The van der Waals surface area contributed by atoms with Crippen LogP contribution < -0.4 is 9.80 Å². The third kappa shape index (κ3) is 3.69. The lowest BCUT2D eigenvalue weighted by molar-refractivity contribution is -0.143. The first-order valence-corrected chi connectivity index (χ1v) is 13.5. The van der Waals surface area contributed by atoms with Gasteiger partial charge in [-0.2, -0.15) is 0 Å². The van der Waals surface area contributed by atoms with Crippen molar-refractivity contribution in [3.63, 3.8) is 0 Å². The minimum atomic E-state index is -1.34. The maximum Gasteiger partial charge on any atom is 0.253 e. The molecule has 4 heterocycles. The van der Waals surface area contributed by atoms with Crippen LogP contribution >= 0.6 is 0 Å². The van der Waals surface area contributed by atoms with Crippen LogP contribution in [0.4, 0.5) is 11.4 Å². The summed E-state index contributed by atoms with van der Waals surface area (Å²) >= 11 is 0. The van der Waals surface area contributed by atoms with Crippen LogP contribution in [0.1, 0.15) is 18.1 Å². The Morgan fingerprint density at radius 2 is 1.62 bits per heavy atom. The predicted molar refractivity (Wildman–Crippen MR) is 147 cm³/mol. The van der Waals surface area contributed by atoms with Gasteiger partial charge in [0, 0.05) is 24.5 Å². The minimum absolute atomic E-state index is 0.208. The van der Waals surface area contributed by atoms with Gasteiger partial charge in [0.1, 0.15) is 11.6 Å². The molecule has 0 radical (unpaired) electrons.